The normalized spacial score (nSPS) is 21.4. The fourth-order valence-corrected chi connectivity index (χ4v) is 2.93. The second-order valence-corrected chi connectivity index (χ2v) is 5.90. The van der Waals surface area contributed by atoms with Crippen molar-refractivity contribution >= 4 is 21.9 Å². The van der Waals surface area contributed by atoms with Crippen LogP contribution in [-0.2, 0) is 19.6 Å². The summed E-state index contributed by atoms with van der Waals surface area (Å²) in [6.07, 6.45) is 2.02. The summed E-state index contributed by atoms with van der Waals surface area (Å²) in [5.74, 6) is -1.43. The van der Waals surface area contributed by atoms with Gasteiger partial charge in [-0.05, 0) is 12.8 Å². The molecule has 1 aliphatic rings. The Balaban J connectivity index is 2.54. The maximum atomic E-state index is 11.7. The number of hydrogen-bond acceptors (Lipinski definition) is 4. The van der Waals surface area contributed by atoms with E-state index in [0.29, 0.717) is 19.4 Å². The lowest BCUT2D eigenvalue weighted by Gasteiger charge is -2.21. The van der Waals surface area contributed by atoms with Gasteiger partial charge in [0.25, 0.3) is 0 Å². The highest BCUT2D eigenvalue weighted by atomic mass is 32.2. The van der Waals surface area contributed by atoms with Gasteiger partial charge >= 0.3 is 5.97 Å². The molecule has 1 aliphatic heterocycles. The molecule has 7 nitrogen and oxygen atoms in total. The lowest BCUT2D eigenvalue weighted by atomic mass is 10.2. The topological polar surface area (TPSA) is 104 Å². The molecule has 1 atom stereocenters. The Morgan fingerprint density at radius 3 is 2.65 bits per heavy atom. The molecule has 0 aromatic carbocycles. The second-order valence-electron chi connectivity index (χ2n) is 3.97. The first-order chi connectivity index (χ1) is 7.82. The minimum Gasteiger partial charge on any atom is -0.481 e. The summed E-state index contributed by atoms with van der Waals surface area (Å²) >= 11 is 0. The predicted molar refractivity (Wildman–Crippen MR) is 59.8 cm³/mol. The Bertz CT molecular complexity index is 406. The zero-order chi connectivity index (χ0) is 13.1. The van der Waals surface area contributed by atoms with Crippen LogP contribution in [0.1, 0.15) is 19.3 Å². The second kappa shape index (κ2) is 5.46. The number of carboxylic acids is 1. The summed E-state index contributed by atoms with van der Waals surface area (Å²) in [4.78, 5) is 21.9. The first-order valence-electron chi connectivity index (χ1n) is 5.28. The average Bonchev–Trinajstić information content (AvgIpc) is 2.64. The van der Waals surface area contributed by atoms with Crippen molar-refractivity contribution in [3.8, 4) is 0 Å². The molecule has 0 radical (unpaired) electrons. The predicted octanol–water partition coefficient (Wildman–Crippen LogP) is -0.999. The van der Waals surface area contributed by atoms with E-state index in [1.165, 1.54) is 0 Å². The minimum absolute atomic E-state index is 0.0161. The highest BCUT2D eigenvalue weighted by Gasteiger charge is 2.36. The molecule has 1 rings (SSSR count). The van der Waals surface area contributed by atoms with Crippen LogP contribution in [0.3, 0.4) is 0 Å². The van der Waals surface area contributed by atoms with Crippen molar-refractivity contribution in [2.45, 2.75) is 25.3 Å². The van der Waals surface area contributed by atoms with E-state index in [-0.39, 0.29) is 13.0 Å². The molecule has 1 amide bonds. The third-order valence-corrected chi connectivity index (χ3v) is 3.86. The summed E-state index contributed by atoms with van der Waals surface area (Å²) in [5.41, 5.74) is 0. The number of sulfonamides is 1. The fourth-order valence-electron chi connectivity index (χ4n) is 1.81. The third-order valence-electron chi connectivity index (χ3n) is 2.57. The number of rotatable bonds is 5. The van der Waals surface area contributed by atoms with E-state index in [9.17, 15) is 18.0 Å². The number of hydrogen-bond donors (Lipinski definition) is 2. The number of nitrogens with one attached hydrogen (secondary N) is 1. The van der Waals surface area contributed by atoms with Crippen molar-refractivity contribution < 1.29 is 23.1 Å². The van der Waals surface area contributed by atoms with E-state index >= 15 is 0 Å². The van der Waals surface area contributed by atoms with Crippen molar-refractivity contribution in [1.29, 1.82) is 0 Å². The molecular formula is C9H16N2O5S. The van der Waals surface area contributed by atoms with E-state index < -0.39 is 27.9 Å². The van der Waals surface area contributed by atoms with Crippen LogP contribution in [0.2, 0.25) is 0 Å². The number of carboxylic acid groups (broad SMARTS) is 1. The zero-order valence-electron chi connectivity index (χ0n) is 9.55. The van der Waals surface area contributed by atoms with E-state index in [2.05, 4.69) is 5.32 Å². The maximum absolute atomic E-state index is 11.7. The van der Waals surface area contributed by atoms with Crippen LogP contribution in [-0.4, -0.2) is 55.1 Å². The first kappa shape index (κ1) is 13.9. The molecule has 2 N–H and O–H groups in total. The standard InChI is InChI=1S/C9H16N2O5S/c1-17(15,16)11-6-2-3-7(11)9(14)10-5-4-8(12)13/h7H,2-6H2,1H3,(H,10,14)(H,12,13). The molecule has 1 fully saturated rings. The molecule has 1 unspecified atom stereocenters. The van der Waals surface area contributed by atoms with Crippen LogP contribution in [0.25, 0.3) is 0 Å². The first-order valence-corrected chi connectivity index (χ1v) is 7.13. The van der Waals surface area contributed by atoms with E-state index in [1.54, 1.807) is 0 Å². The molecule has 0 aromatic heterocycles. The highest BCUT2D eigenvalue weighted by Crippen LogP contribution is 2.20. The van der Waals surface area contributed by atoms with Gasteiger partial charge < -0.3 is 10.4 Å². The number of carbonyl (C=O) groups excluding carboxylic acids is 1. The van der Waals surface area contributed by atoms with Crippen molar-refractivity contribution in [2.75, 3.05) is 19.3 Å². The third kappa shape index (κ3) is 3.97. The van der Waals surface area contributed by atoms with Crippen LogP contribution >= 0.6 is 0 Å². The van der Waals surface area contributed by atoms with Crippen molar-refractivity contribution in [3.63, 3.8) is 0 Å². The van der Waals surface area contributed by atoms with Gasteiger partial charge in [0.1, 0.15) is 6.04 Å². The molecule has 98 valence electrons. The van der Waals surface area contributed by atoms with E-state index in [4.69, 9.17) is 5.11 Å². The SMILES string of the molecule is CS(=O)(=O)N1CCCC1C(=O)NCCC(=O)O. The number of nitrogens with zero attached hydrogens (tertiary/aromatic N) is 1. The molecule has 17 heavy (non-hydrogen) atoms. The Labute approximate surface area is 99.8 Å². The Kier molecular flexibility index (Phi) is 4.47. The van der Waals surface area contributed by atoms with Gasteiger partial charge in [0.2, 0.25) is 15.9 Å². The molecule has 0 aliphatic carbocycles. The number of amides is 1. The number of carbonyl (C=O) groups is 2. The molecular weight excluding hydrogens is 248 g/mol. The lowest BCUT2D eigenvalue weighted by Crippen LogP contribution is -2.45. The van der Waals surface area contributed by atoms with Crippen LogP contribution in [0.4, 0.5) is 0 Å². The Morgan fingerprint density at radius 1 is 1.47 bits per heavy atom. The molecule has 0 aromatic rings. The van der Waals surface area contributed by atoms with Gasteiger partial charge in [-0.15, -0.1) is 0 Å². The summed E-state index contributed by atoms with van der Waals surface area (Å²) in [6.45, 7) is 0.359. The van der Waals surface area contributed by atoms with Gasteiger partial charge in [-0.2, -0.15) is 4.31 Å². The van der Waals surface area contributed by atoms with Crippen LogP contribution in [0, 0.1) is 0 Å². The van der Waals surface area contributed by atoms with Crippen LogP contribution < -0.4 is 5.32 Å². The monoisotopic (exact) mass is 264 g/mol. The van der Waals surface area contributed by atoms with Crippen LogP contribution in [0.15, 0.2) is 0 Å². The fraction of sp³-hybridized carbons (Fsp3) is 0.778. The number of aliphatic carboxylic acids is 1. The quantitative estimate of drug-likeness (QED) is 0.663. The summed E-state index contributed by atoms with van der Waals surface area (Å²) < 4.78 is 23.9. The van der Waals surface area contributed by atoms with Gasteiger partial charge in [0.05, 0.1) is 12.7 Å². The summed E-state index contributed by atoms with van der Waals surface area (Å²) in [7, 11) is -3.38. The van der Waals surface area contributed by atoms with E-state index in [1.807, 2.05) is 0 Å². The van der Waals surface area contributed by atoms with Gasteiger partial charge in [-0.1, -0.05) is 0 Å². The minimum atomic E-state index is -3.38. The van der Waals surface area contributed by atoms with Crippen molar-refractivity contribution in [2.24, 2.45) is 0 Å². The molecule has 1 saturated heterocycles. The van der Waals surface area contributed by atoms with Crippen molar-refractivity contribution in [1.82, 2.24) is 9.62 Å². The highest BCUT2D eigenvalue weighted by molar-refractivity contribution is 7.88. The summed E-state index contributed by atoms with van der Waals surface area (Å²) in [5, 5.41) is 10.8. The molecule has 0 bridgehead atoms. The van der Waals surface area contributed by atoms with Gasteiger partial charge in [-0.3, -0.25) is 9.59 Å². The molecule has 0 spiro atoms. The Hall–Kier alpha value is -1.15. The van der Waals surface area contributed by atoms with Gasteiger partial charge in [0.15, 0.2) is 0 Å². The molecule has 0 saturated carbocycles. The maximum Gasteiger partial charge on any atom is 0.305 e. The van der Waals surface area contributed by atoms with Gasteiger partial charge in [-0.25, -0.2) is 8.42 Å². The summed E-state index contributed by atoms with van der Waals surface area (Å²) in [6, 6.07) is -0.696. The Morgan fingerprint density at radius 2 is 2.12 bits per heavy atom. The van der Waals surface area contributed by atoms with Crippen LogP contribution in [0.5, 0.6) is 0 Å². The van der Waals surface area contributed by atoms with Crippen molar-refractivity contribution in [3.05, 3.63) is 0 Å². The lowest BCUT2D eigenvalue weighted by molar-refractivity contribution is -0.137. The smallest absolute Gasteiger partial charge is 0.305 e. The van der Waals surface area contributed by atoms with E-state index in [0.717, 1.165) is 10.6 Å². The van der Waals surface area contributed by atoms with Gasteiger partial charge in [0, 0.05) is 13.1 Å². The molecule has 8 heteroatoms. The zero-order valence-corrected chi connectivity index (χ0v) is 10.4. The average molecular weight is 264 g/mol. The largest absolute Gasteiger partial charge is 0.481 e. The molecule has 1 heterocycles.